The van der Waals surface area contributed by atoms with Crippen molar-refractivity contribution in [2.24, 2.45) is 0 Å². The molecule has 0 fully saturated rings. The van der Waals surface area contributed by atoms with Crippen molar-refractivity contribution in [3.05, 3.63) is 47.0 Å². The fourth-order valence-electron chi connectivity index (χ4n) is 2.49. The molecule has 2 aromatic rings. The van der Waals surface area contributed by atoms with Crippen LogP contribution in [-0.2, 0) is 20.7 Å². The average molecular weight is 420 g/mol. The number of aromatic nitrogens is 2. The van der Waals surface area contributed by atoms with Crippen LogP contribution in [0.15, 0.2) is 29.4 Å². The maximum Gasteiger partial charge on any atom is 0.326 e. The number of amides is 3. The van der Waals surface area contributed by atoms with E-state index in [1.807, 2.05) is 25.4 Å². The molecule has 0 bridgehead atoms. The quantitative estimate of drug-likeness (QED) is 0.403. The SMILES string of the molecule is CSc1nc(C)c(CCC(=O)OCC(=O)NC(=O)Nc2ccccc2F)c(C)n1. The number of nitrogens with one attached hydrogen (secondary N) is 2. The molecule has 154 valence electrons. The van der Waals surface area contributed by atoms with Crippen molar-refractivity contribution in [1.29, 1.82) is 0 Å². The van der Waals surface area contributed by atoms with Crippen LogP contribution in [0.3, 0.4) is 0 Å². The topological polar surface area (TPSA) is 110 Å². The molecule has 29 heavy (non-hydrogen) atoms. The van der Waals surface area contributed by atoms with Gasteiger partial charge in [0, 0.05) is 17.8 Å². The molecule has 2 rings (SSSR count). The Morgan fingerprint density at radius 3 is 2.41 bits per heavy atom. The van der Waals surface area contributed by atoms with Gasteiger partial charge < -0.3 is 10.1 Å². The third-order valence-electron chi connectivity index (χ3n) is 3.90. The highest BCUT2D eigenvalue weighted by atomic mass is 32.2. The van der Waals surface area contributed by atoms with Gasteiger partial charge in [0.2, 0.25) is 0 Å². The summed E-state index contributed by atoms with van der Waals surface area (Å²) in [5.74, 6) is -2.06. The lowest BCUT2D eigenvalue weighted by Gasteiger charge is -2.10. The summed E-state index contributed by atoms with van der Waals surface area (Å²) in [5.41, 5.74) is 2.36. The molecule has 0 aliphatic carbocycles. The van der Waals surface area contributed by atoms with E-state index in [9.17, 15) is 18.8 Å². The number of carbonyl (C=O) groups excluding carboxylic acids is 3. The van der Waals surface area contributed by atoms with Crippen molar-refractivity contribution in [3.8, 4) is 0 Å². The monoisotopic (exact) mass is 420 g/mol. The Balaban J connectivity index is 1.77. The first kappa shape index (κ1) is 22.3. The van der Waals surface area contributed by atoms with Crippen LogP contribution in [-0.4, -0.2) is 40.7 Å². The molecule has 0 saturated carbocycles. The Labute approximate surface area is 171 Å². The maximum atomic E-state index is 13.5. The minimum atomic E-state index is -0.923. The van der Waals surface area contributed by atoms with Crippen molar-refractivity contribution in [2.75, 3.05) is 18.2 Å². The molecule has 8 nitrogen and oxygen atoms in total. The van der Waals surface area contributed by atoms with Crippen molar-refractivity contribution < 1.29 is 23.5 Å². The number of rotatable bonds is 7. The van der Waals surface area contributed by atoms with E-state index >= 15 is 0 Å². The summed E-state index contributed by atoms with van der Waals surface area (Å²) in [4.78, 5) is 44.0. The van der Waals surface area contributed by atoms with Crippen LogP contribution < -0.4 is 10.6 Å². The van der Waals surface area contributed by atoms with Crippen molar-refractivity contribution in [3.63, 3.8) is 0 Å². The zero-order chi connectivity index (χ0) is 21.4. The number of carbonyl (C=O) groups is 3. The smallest absolute Gasteiger partial charge is 0.326 e. The zero-order valence-electron chi connectivity index (χ0n) is 16.2. The predicted octanol–water partition coefficient (Wildman–Crippen LogP) is 2.78. The summed E-state index contributed by atoms with van der Waals surface area (Å²) in [7, 11) is 0. The molecule has 0 unspecified atom stereocenters. The van der Waals surface area contributed by atoms with E-state index in [-0.39, 0.29) is 12.1 Å². The number of nitrogens with zero attached hydrogens (tertiary/aromatic N) is 2. The van der Waals surface area contributed by atoms with Crippen LogP contribution in [0, 0.1) is 19.7 Å². The number of esters is 1. The molecule has 10 heteroatoms. The highest BCUT2D eigenvalue weighted by Gasteiger charge is 2.14. The van der Waals surface area contributed by atoms with E-state index < -0.39 is 30.3 Å². The van der Waals surface area contributed by atoms with Gasteiger partial charge >= 0.3 is 12.0 Å². The van der Waals surface area contributed by atoms with Gasteiger partial charge in [0.25, 0.3) is 5.91 Å². The molecule has 0 aliphatic rings. The predicted molar refractivity (Wildman–Crippen MR) is 106 cm³/mol. The van der Waals surface area contributed by atoms with Crippen molar-refractivity contribution in [2.45, 2.75) is 31.8 Å². The third kappa shape index (κ3) is 6.83. The minimum Gasteiger partial charge on any atom is -0.456 e. The standard InChI is InChI=1S/C19H21FN4O4S/c1-11-13(12(2)22-19(21-11)29-3)8-9-17(26)28-10-16(25)24-18(27)23-15-7-5-4-6-14(15)20/h4-7H,8-10H2,1-3H3,(H2,23,24,25,27). The van der Waals surface area contributed by atoms with E-state index in [1.54, 1.807) is 0 Å². The van der Waals surface area contributed by atoms with Gasteiger partial charge in [-0.1, -0.05) is 23.9 Å². The summed E-state index contributed by atoms with van der Waals surface area (Å²) in [6.45, 7) is 3.07. The van der Waals surface area contributed by atoms with Gasteiger partial charge in [0.1, 0.15) is 5.82 Å². The van der Waals surface area contributed by atoms with E-state index in [1.165, 1.54) is 36.0 Å². The van der Waals surface area contributed by atoms with E-state index in [2.05, 4.69) is 15.3 Å². The van der Waals surface area contributed by atoms with Crippen LogP contribution in [0.4, 0.5) is 14.9 Å². The van der Waals surface area contributed by atoms with Gasteiger partial charge in [-0.25, -0.2) is 19.2 Å². The van der Waals surface area contributed by atoms with Gasteiger partial charge in [-0.3, -0.25) is 14.9 Å². The fourth-order valence-corrected chi connectivity index (χ4v) is 2.94. The molecule has 1 heterocycles. The number of thioether (sulfide) groups is 1. The second kappa shape index (κ2) is 10.5. The van der Waals surface area contributed by atoms with Gasteiger partial charge in [-0.15, -0.1) is 0 Å². The first-order chi connectivity index (χ1) is 13.8. The number of benzene rings is 1. The molecule has 1 aromatic heterocycles. The van der Waals surface area contributed by atoms with Gasteiger partial charge in [0.05, 0.1) is 5.69 Å². The number of imide groups is 1. The van der Waals surface area contributed by atoms with Crippen LogP contribution in [0.2, 0.25) is 0 Å². The molecule has 0 aliphatic heterocycles. The normalized spacial score (nSPS) is 10.3. The molecule has 0 atom stereocenters. The first-order valence-electron chi connectivity index (χ1n) is 8.69. The van der Waals surface area contributed by atoms with Gasteiger partial charge in [0.15, 0.2) is 11.8 Å². The Morgan fingerprint density at radius 2 is 1.79 bits per heavy atom. The molecule has 3 amide bonds. The van der Waals surface area contributed by atoms with Crippen LogP contribution >= 0.6 is 11.8 Å². The van der Waals surface area contributed by atoms with E-state index in [4.69, 9.17) is 4.74 Å². The second-order valence-electron chi connectivity index (χ2n) is 6.00. The second-order valence-corrected chi connectivity index (χ2v) is 6.78. The van der Waals surface area contributed by atoms with Crippen LogP contribution in [0.1, 0.15) is 23.4 Å². The molecule has 0 spiro atoms. The third-order valence-corrected chi connectivity index (χ3v) is 4.45. The number of para-hydroxylation sites is 1. The highest BCUT2D eigenvalue weighted by molar-refractivity contribution is 7.98. The van der Waals surface area contributed by atoms with Crippen LogP contribution in [0.5, 0.6) is 0 Å². The Bertz CT molecular complexity index is 900. The van der Waals surface area contributed by atoms with Gasteiger partial charge in [-0.05, 0) is 44.2 Å². The minimum absolute atomic E-state index is 0.0400. The van der Waals surface area contributed by atoms with E-state index in [0.717, 1.165) is 17.0 Å². The summed E-state index contributed by atoms with van der Waals surface area (Å²) >= 11 is 1.44. The number of aryl methyl sites for hydroxylation is 2. The fraction of sp³-hybridized carbons (Fsp3) is 0.316. The number of hydrogen-bond acceptors (Lipinski definition) is 7. The van der Waals surface area contributed by atoms with Crippen molar-refractivity contribution >= 4 is 35.4 Å². The summed E-state index contributed by atoms with van der Waals surface area (Å²) < 4.78 is 18.3. The summed E-state index contributed by atoms with van der Waals surface area (Å²) in [5, 5.41) is 4.82. The van der Waals surface area contributed by atoms with Crippen LogP contribution in [0.25, 0.3) is 0 Å². The zero-order valence-corrected chi connectivity index (χ0v) is 17.1. The number of anilines is 1. The lowest BCUT2D eigenvalue weighted by molar-refractivity contribution is -0.148. The average Bonchev–Trinajstić information content (AvgIpc) is 2.67. The molecule has 0 radical (unpaired) electrons. The highest BCUT2D eigenvalue weighted by Crippen LogP contribution is 2.17. The lowest BCUT2D eigenvalue weighted by Crippen LogP contribution is -2.37. The Kier molecular flexibility index (Phi) is 8.08. The summed E-state index contributed by atoms with van der Waals surface area (Å²) in [6.07, 6.45) is 2.30. The summed E-state index contributed by atoms with van der Waals surface area (Å²) in [6, 6.07) is 4.59. The number of ether oxygens (including phenoxy) is 1. The van der Waals surface area contributed by atoms with Gasteiger partial charge in [-0.2, -0.15) is 0 Å². The number of urea groups is 1. The molecule has 1 aromatic carbocycles. The molecular formula is C19H21FN4O4S. The Morgan fingerprint density at radius 1 is 1.14 bits per heavy atom. The lowest BCUT2D eigenvalue weighted by atomic mass is 10.1. The van der Waals surface area contributed by atoms with Crippen molar-refractivity contribution in [1.82, 2.24) is 15.3 Å². The molecular weight excluding hydrogens is 399 g/mol. The number of halogens is 1. The molecule has 2 N–H and O–H groups in total. The molecule has 0 saturated heterocycles. The van der Waals surface area contributed by atoms with E-state index in [0.29, 0.717) is 11.6 Å². The maximum absolute atomic E-state index is 13.5. The first-order valence-corrected chi connectivity index (χ1v) is 9.91. The number of hydrogen-bond donors (Lipinski definition) is 2. The Hall–Kier alpha value is -3.01. The largest absolute Gasteiger partial charge is 0.456 e.